The van der Waals surface area contributed by atoms with Gasteiger partial charge >= 0.3 is 5.97 Å². The summed E-state index contributed by atoms with van der Waals surface area (Å²) in [6, 6.07) is 0. The number of hydrogen-bond donors (Lipinski definition) is 2. The highest BCUT2D eigenvalue weighted by atomic mass is 32.1. The first-order chi connectivity index (χ1) is 8.90. The molecule has 0 bridgehead atoms. The molecule has 0 atom stereocenters. The minimum atomic E-state index is -0.964. The van der Waals surface area contributed by atoms with Gasteiger partial charge in [0.25, 0.3) is 0 Å². The van der Waals surface area contributed by atoms with Crippen molar-refractivity contribution < 1.29 is 14.7 Å². The zero-order valence-corrected chi connectivity index (χ0v) is 11.5. The quantitative estimate of drug-likeness (QED) is 0.861. The van der Waals surface area contributed by atoms with Crippen LogP contribution in [0.2, 0.25) is 0 Å². The number of carbonyl (C=O) groups excluding carboxylic acids is 1. The van der Waals surface area contributed by atoms with Gasteiger partial charge in [0.15, 0.2) is 4.96 Å². The summed E-state index contributed by atoms with van der Waals surface area (Å²) >= 11 is 1.47. The van der Waals surface area contributed by atoms with E-state index in [2.05, 4.69) is 10.3 Å². The fraction of sp³-hybridized carbons (Fsp3) is 0.417. The van der Waals surface area contributed by atoms with Gasteiger partial charge in [-0.05, 0) is 13.8 Å². The summed E-state index contributed by atoms with van der Waals surface area (Å²) in [4.78, 5) is 27.7. The van der Waals surface area contributed by atoms with E-state index in [-0.39, 0.29) is 18.9 Å². The van der Waals surface area contributed by atoms with E-state index < -0.39 is 11.4 Å². The number of rotatable bonds is 5. The van der Waals surface area contributed by atoms with Crippen molar-refractivity contribution in [2.45, 2.75) is 20.3 Å². The average molecular weight is 281 g/mol. The Labute approximate surface area is 114 Å². The summed E-state index contributed by atoms with van der Waals surface area (Å²) in [6.45, 7) is 3.26. The van der Waals surface area contributed by atoms with Gasteiger partial charge in [-0.2, -0.15) is 0 Å². The van der Waals surface area contributed by atoms with Crippen LogP contribution in [0.4, 0.5) is 0 Å². The molecule has 0 aliphatic heterocycles. The first-order valence-electron chi connectivity index (χ1n) is 5.80. The van der Waals surface area contributed by atoms with E-state index in [9.17, 15) is 9.59 Å². The Balaban J connectivity index is 1.95. The van der Waals surface area contributed by atoms with Crippen molar-refractivity contribution in [3.8, 4) is 0 Å². The highest BCUT2D eigenvalue weighted by Gasteiger charge is 2.27. The van der Waals surface area contributed by atoms with Gasteiger partial charge in [0.1, 0.15) is 0 Å². The van der Waals surface area contributed by atoms with Crippen LogP contribution in [0.1, 0.15) is 19.5 Å². The highest BCUT2D eigenvalue weighted by Crippen LogP contribution is 2.16. The van der Waals surface area contributed by atoms with Crippen molar-refractivity contribution in [2.75, 3.05) is 6.54 Å². The fourth-order valence-electron chi connectivity index (χ4n) is 1.52. The second-order valence-electron chi connectivity index (χ2n) is 4.95. The number of carbonyl (C=O) groups is 2. The van der Waals surface area contributed by atoms with Gasteiger partial charge in [0.2, 0.25) is 5.91 Å². The Kier molecular flexibility index (Phi) is 3.57. The Morgan fingerprint density at radius 3 is 2.95 bits per heavy atom. The first kappa shape index (κ1) is 13.5. The minimum absolute atomic E-state index is 0.109. The van der Waals surface area contributed by atoms with Crippen molar-refractivity contribution in [1.29, 1.82) is 0 Å². The molecule has 0 saturated carbocycles. The predicted molar refractivity (Wildman–Crippen MR) is 71.2 cm³/mol. The Bertz CT molecular complexity index is 615. The van der Waals surface area contributed by atoms with E-state index >= 15 is 0 Å². The molecule has 0 radical (unpaired) electrons. The summed E-state index contributed by atoms with van der Waals surface area (Å²) < 4.78 is 1.85. The molecule has 2 heterocycles. The lowest BCUT2D eigenvalue weighted by molar-refractivity contribution is -0.146. The molecule has 0 saturated heterocycles. The Hall–Kier alpha value is -1.89. The van der Waals surface area contributed by atoms with E-state index in [0.29, 0.717) is 0 Å². The maximum atomic E-state index is 11.8. The largest absolute Gasteiger partial charge is 0.481 e. The van der Waals surface area contributed by atoms with Gasteiger partial charge in [-0.3, -0.25) is 14.0 Å². The molecule has 102 valence electrons. The standard InChI is InChI=1S/C12H15N3O3S/c1-12(2,10(17)18)7-14-9(16)5-8-6-19-11-13-3-4-15(8)11/h3-4,6H,5,7H2,1-2H3,(H,14,16)(H,17,18). The van der Waals surface area contributed by atoms with Gasteiger partial charge in [-0.1, -0.05) is 0 Å². The molecule has 0 aliphatic carbocycles. The summed E-state index contributed by atoms with van der Waals surface area (Å²) in [5, 5.41) is 13.5. The van der Waals surface area contributed by atoms with Crippen LogP contribution < -0.4 is 5.32 Å². The lowest BCUT2D eigenvalue weighted by Crippen LogP contribution is -2.39. The number of aromatic nitrogens is 2. The maximum Gasteiger partial charge on any atom is 0.310 e. The van der Waals surface area contributed by atoms with E-state index in [1.807, 2.05) is 9.78 Å². The molecule has 2 aromatic heterocycles. The second kappa shape index (κ2) is 5.00. The van der Waals surface area contributed by atoms with E-state index in [0.717, 1.165) is 10.7 Å². The summed E-state index contributed by atoms with van der Waals surface area (Å²) in [5.74, 6) is -1.12. The molecule has 0 fully saturated rings. The number of nitrogens with zero attached hydrogens (tertiary/aromatic N) is 2. The van der Waals surface area contributed by atoms with Gasteiger partial charge in [0.05, 0.1) is 11.8 Å². The lowest BCUT2D eigenvalue weighted by atomic mass is 9.94. The van der Waals surface area contributed by atoms with Crippen molar-refractivity contribution in [3.63, 3.8) is 0 Å². The van der Waals surface area contributed by atoms with Crippen LogP contribution in [0.3, 0.4) is 0 Å². The number of hydrogen-bond acceptors (Lipinski definition) is 4. The maximum absolute atomic E-state index is 11.8. The molecule has 2 rings (SSSR count). The van der Waals surface area contributed by atoms with Crippen LogP contribution >= 0.6 is 11.3 Å². The third-order valence-corrected chi connectivity index (χ3v) is 3.77. The van der Waals surface area contributed by atoms with Gasteiger partial charge in [0, 0.05) is 30.0 Å². The fourth-order valence-corrected chi connectivity index (χ4v) is 2.37. The number of thiazole rings is 1. The molecular weight excluding hydrogens is 266 g/mol. The zero-order chi connectivity index (χ0) is 14.0. The normalized spacial score (nSPS) is 11.7. The van der Waals surface area contributed by atoms with Crippen LogP contribution in [0.5, 0.6) is 0 Å². The van der Waals surface area contributed by atoms with E-state index in [1.54, 1.807) is 26.2 Å². The smallest absolute Gasteiger partial charge is 0.310 e. The summed E-state index contributed by atoms with van der Waals surface area (Å²) in [6.07, 6.45) is 3.70. The number of carboxylic acid groups (broad SMARTS) is 1. The molecular formula is C12H15N3O3S. The number of nitrogens with one attached hydrogen (secondary N) is 1. The number of imidazole rings is 1. The minimum Gasteiger partial charge on any atom is -0.481 e. The molecule has 0 aromatic carbocycles. The van der Waals surface area contributed by atoms with Crippen LogP contribution in [0.15, 0.2) is 17.8 Å². The SMILES string of the molecule is CC(C)(CNC(=O)Cc1csc2nccn12)C(=O)O. The second-order valence-corrected chi connectivity index (χ2v) is 5.79. The van der Waals surface area contributed by atoms with E-state index in [1.165, 1.54) is 11.3 Å². The molecule has 0 spiro atoms. The van der Waals surface area contributed by atoms with Gasteiger partial charge in [-0.25, -0.2) is 4.98 Å². The molecule has 0 aliphatic rings. The Morgan fingerprint density at radius 2 is 2.26 bits per heavy atom. The molecule has 2 aromatic rings. The van der Waals surface area contributed by atoms with Crippen LogP contribution in [-0.2, 0) is 16.0 Å². The van der Waals surface area contributed by atoms with Crippen LogP contribution in [0.25, 0.3) is 4.96 Å². The van der Waals surface area contributed by atoms with Crippen molar-refractivity contribution in [2.24, 2.45) is 5.41 Å². The molecule has 2 N–H and O–H groups in total. The lowest BCUT2D eigenvalue weighted by Gasteiger charge is -2.19. The molecule has 19 heavy (non-hydrogen) atoms. The molecule has 1 amide bonds. The third kappa shape index (κ3) is 2.93. The highest BCUT2D eigenvalue weighted by molar-refractivity contribution is 7.15. The molecule has 6 nitrogen and oxygen atoms in total. The summed E-state index contributed by atoms with van der Waals surface area (Å²) in [7, 11) is 0. The van der Waals surface area contributed by atoms with Gasteiger partial charge < -0.3 is 10.4 Å². The number of amides is 1. The summed E-state index contributed by atoms with van der Waals surface area (Å²) in [5.41, 5.74) is -0.114. The monoisotopic (exact) mass is 281 g/mol. The van der Waals surface area contributed by atoms with Crippen molar-refractivity contribution >= 4 is 28.2 Å². The van der Waals surface area contributed by atoms with Gasteiger partial charge in [-0.15, -0.1) is 11.3 Å². The van der Waals surface area contributed by atoms with Crippen molar-refractivity contribution in [3.05, 3.63) is 23.5 Å². The molecule has 0 unspecified atom stereocenters. The Morgan fingerprint density at radius 1 is 1.53 bits per heavy atom. The number of carboxylic acids is 1. The van der Waals surface area contributed by atoms with Crippen LogP contribution in [-0.4, -0.2) is 32.9 Å². The zero-order valence-electron chi connectivity index (χ0n) is 10.7. The van der Waals surface area contributed by atoms with Crippen molar-refractivity contribution in [1.82, 2.24) is 14.7 Å². The molecule has 7 heteroatoms. The third-order valence-electron chi connectivity index (χ3n) is 2.86. The number of fused-ring (bicyclic) bond motifs is 1. The number of aliphatic carboxylic acids is 1. The topological polar surface area (TPSA) is 83.7 Å². The average Bonchev–Trinajstić information content (AvgIpc) is 2.91. The predicted octanol–water partition coefficient (Wildman–Crippen LogP) is 1.17. The van der Waals surface area contributed by atoms with E-state index in [4.69, 9.17) is 5.11 Å². The van der Waals surface area contributed by atoms with Crippen LogP contribution in [0, 0.1) is 5.41 Å². The first-order valence-corrected chi connectivity index (χ1v) is 6.67.